The number of aromatic nitrogens is 2. The molecule has 2 aliphatic heterocycles. The van der Waals surface area contributed by atoms with Crippen LogP contribution < -0.4 is 26.4 Å². The van der Waals surface area contributed by atoms with Gasteiger partial charge in [0, 0.05) is 13.0 Å². The molecule has 2 aliphatic rings. The Morgan fingerprint density at radius 3 is 2.74 bits per heavy atom. The van der Waals surface area contributed by atoms with Gasteiger partial charge in [-0.05, 0) is 18.2 Å². The number of nitrogens with two attached hydrogens (primary N) is 1. The Bertz CT molecular complexity index is 1330. The second kappa shape index (κ2) is 12.0. The first-order chi connectivity index (χ1) is 18.5. The molecule has 39 heavy (non-hydrogen) atoms. The number of benzene rings is 1. The molecule has 1 saturated heterocycles. The molecule has 0 aliphatic carbocycles. The Kier molecular flexibility index (Phi) is 8.70. The molecule has 210 valence electrons. The number of aliphatic hydroxyl groups excluding tert-OH is 2. The fourth-order valence-electron chi connectivity index (χ4n) is 3.79. The summed E-state index contributed by atoms with van der Waals surface area (Å²) in [5.41, 5.74) is 4.78. The lowest BCUT2D eigenvalue weighted by atomic mass is 10.1. The van der Waals surface area contributed by atoms with E-state index in [1.54, 1.807) is 30.3 Å². The summed E-state index contributed by atoms with van der Waals surface area (Å²) >= 11 is 0. The number of phosphoric ester groups is 1. The van der Waals surface area contributed by atoms with Gasteiger partial charge >= 0.3 is 13.5 Å². The average Bonchev–Trinajstić information content (AvgIpc) is 3.16. The molecule has 15 nitrogen and oxygen atoms in total. The van der Waals surface area contributed by atoms with Crippen molar-refractivity contribution >= 4 is 19.5 Å². The number of carbonyl (C=O) groups excluding carboxylic acids is 1. The van der Waals surface area contributed by atoms with Gasteiger partial charge in [0.1, 0.15) is 48.3 Å². The number of aromatic amines is 1. The van der Waals surface area contributed by atoms with Crippen LogP contribution in [0.15, 0.2) is 65.4 Å². The molecule has 1 fully saturated rings. The average molecular weight is 565 g/mol. The van der Waals surface area contributed by atoms with Crippen LogP contribution in [0, 0.1) is 0 Å². The Balaban J connectivity index is 1.37. The number of nitrogen functional groups attached to an aromatic ring is 1. The fourth-order valence-corrected chi connectivity index (χ4v) is 4.41. The summed E-state index contributed by atoms with van der Waals surface area (Å²) in [6.07, 6.45) is -2.97. The number of rotatable bonds is 9. The third-order valence-corrected chi connectivity index (χ3v) is 6.36. The van der Waals surface area contributed by atoms with Gasteiger partial charge in [0.15, 0.2) is 5.76 Å². The number of ether oxygens (including phenoxy) is 3. The lowest BCUT2D eigenvalue weighted by Gasteiger charge is -2.30. The van der Waals surface area contributed by atoms with E-state index in [2.05, 4.69) is 15.3 Å². The first-order valence-corrected chi connectivity index (χ1v) is 13.0. The maximum Gasteiger partial charge on any atom is 0.347 e. The molecule has 2 aromatic rings. The van der Waals surface area contributed by atoms with Gasteiger partial charge in [-0.25, -0.2) is 4.79 Å². The van der Waals surface area contributed by atoms with Crippen molar-refractivity contribution in [2.45, 2.75) is 43.7 Å². The third kappa shape index (κ3) is 7.44. The van der Waals surface area contributed by atoms with Crippen LogP contribution in [0.25, 0.3) is 0 Å². The van der Waals surface area contributed by atoms with Gasteiger partial charge in [0.25, 0.3) is 6.29 Å². The standard InChI is InChI=1S/C23H27N4O11P/c1-12(28)25-15-8-7-14(37-22(15)36-13-5-3-2-4-6-13)10-34-39(32,33)35-11-17-19(29)20(30)21(38-17)16-9-18(24)27-23(31)26-16/h2-10,15,17,19-22,29-30H,11H2,1H3,(H,25,28)(H,32,33)(H3,24,26,27,31)/p-1/b14-10+/t15-,17-,19-,20-,21+,22-/m1/s1. The van der Waals surface area contributed by atoms with Crippen molar-refractivity contribution in [1.82, 2.24) is 15.3 Å². The number of nitrogens with zero attached hydrogens (tertiary/aromatic N) is 1. The Morgan fingerprint density at radius 2 is 2.05 bits per heavy atom. The van der Waals surface area contributed by atoms with E-state index < -0.39 is 56.9 Å². The summed E-state index contributed by atoms with van der Waals surface area (Å²) in [4.78, 5) is 41.2. The molecule has 16 heteroatoms. The van der Waals surface area contributed by atoms with E-state index in [0.717, 1.165) is 6.26 Å². The number of para-hydroxylation sites is 1. The van der Waals surface area contributed by atoms with E-state index in [9.17, 15) is 29.3 Å². The summed E-state index contributed by atoms with van der Waals surface area (Å²) in [6, 6.07) is 9.18. The zero-order valence-corrected chi connectivity index (χ0v) is 21.3. The topological polar surface area (TPSA) is 228 Å². The van der Waals surface area contributed by atoms with E-state index in [4.69, 9.17) is 29.0 Å². The second-order valence-corrected chi connectivity index (χ2v) is 9.88. The number of hydrogen-bond acceptors (Lipinski definition) is 13. The zero-order chi connectivity index (χ0) is 28.2. The Labute approximate surface area is 221 Å². The normalized spacial score (nSPS) is 28.9. The smallest absolute Gasteiger partial charge is 0.347 e. The van der Waals surface area contributed by atoms with E-state index in [1.165, 1.54) is 25.1 Å². The van der Waals surface area contributed by atoms with Gasteiger partial charge in [0.2, 0.25) is 5.91 Å². The molecule has 3 heterocycles. The third-order valence-electron chi connectivity index (χ3n) is 5.53. The van der Waals surface area contributed by atoms with Crippen molar-refractivity contribution in [3.05, 3.63) is 76.7 Å². The van der Waals surface area contributed by atoms with Gasteiger partial charge in [-0.15, -0.1) is 0 Å². The summed E-state index contributed by atoms with van der Waals surface area (Å²) < 4.78 is 38.8. The van der Waals surface area contributed by atoms with Crippen molar-refractivity contribution in [3.63, 3.8) is 0 Å². The molecule has 4 rings (SSSR count). The summed E-state index contributed by atoms with van der Waals surface area (Å²) in [5.74, 6) is -0.0778. The molecular weight excluding hydrogens is 539 g/mol. The number of carbonyl (C=O) groups is 1. The number of aliphatic hydroxyl groups is 2. The number of hydrogen-bond donors (Lipinski definition) is 5. The summed E-state index contributed by atoms with van der Waals surface area (Å²) in [6.45, 7) is 0.607. The SMILES string of the molecule is CC(=O)N[C@@H]1C=C/C(=C\OP(=O)([O-])OC[C@H]2O[C@@H](c3cc(N)nc(=O)[nH]3)[C@H](O)[C@@H]2O)O[C@H]1Oc1ccccc1. The molecule has 1 aromatic carbocycles. The first kappa shape index (κ1) is 28.3. The van der Waals surface area contributed by atoms with Crippen molar-refractivity contribution in [2.24, 2.45) is 0 Å². The quantitative estimate of drug-likeness (QED) is 0.188. The lowest BCUT2D eigenvalue weighted by Crippen LogP contribution is -2.46. The number of nitrogens with one attached hydrogen (secondary N) is 2. The van der Waals surface area contributed by atoms with Crippen LogP contribution in [0.1, 0.15) is 18.7 Å². The van der Waals surface area contributed by atoms with Gasteiger partial charge < -0.3 is 54.4 Å². The highest BCUT2D eigenvalue weighted by atomic mass is 31.2. The number of amides is 1. The van der Waals surface area contributed by atoms with Crippen LogP contribution in [0.5, 0.6) is 5.75 Å². The summed E-state index contributed by atoms with van der Waals surface area (Å²) in [5, 5.41) is 23.2. The highest BCUT2D eigenvalue weighted by Crippen LogP contribution is 2.41. The Morgan fingerprint density at radius 1 is 1.31 bits per heavy atom. The van der Waals surface area contributed by atoms with Crippen LogP contribution in [-0.4, -0.2) is 63.3 Å². The predicted octanol–water partition coefficient (Wildman–Crippen LogP) is -0.647. The molecule has 0 spiro atoms. The van der Waals surface area contributed by atoms with Gasteiger partial charge in [0.05, 0.1) is 12.3 Å². The molecule has 6 N–H and O–H groups in total. The molecule has 7 atom stereocenters. The number of allylic oxidation sites excluding steroid dienone is 1. The zero-order valence-electron chi connectivity index (χ0n) is 20.4. The molecule has 0 saturated carbocycles. The molecule has 0 bridgehead atoms. The maximum atomic E-state index is 12.3. The van der Waals surface area contributed by atoms with E-state index in [1.807, 2.05) is 0 Å². The molecule has 1 aromatic heterocycles. The number of H-pyrrole nitrogens is 1. The second-order valence-electron chi connectivity index (χ2n) is 8.51. The Hall–Kier alpha value is -3.72. The van der Waals surface area contributed by atoms with Crippen molar-refractivity contribution in [3.8, 4) is 5.75 Å². The molecule has 1 unspecified atom stereocenters. The van der Waals surface area contributed by atoms with Crippen molar-refractivity contribution in [1.29, 1.82) is 0 Å². The van der Waals surface area contributed by atoms with Crippen LogP contribution in [0.4, 0.5) is 5.82 Å². The molecule has 0 radical (unpaired) electrons. The maximum absolute atomic E-state index is 12.3. The predicted molar refractivity (Wildman–Crippen MR) is 130 cm³/mol. The van der Waals surface area contributed by atoms with E-state index in [0.29, 0.717) is 5.75 Å². The van der Waals surface area contributed by atoms with Crippen molar-refractivity contribution < 1.29 is 47.7 Å². The summed E-state index contributed by atoms with van der Waals surface area (Å²) in [7, 11) is -5.00. The van der Waals surface area contributed by atoms with Gasteiger partial charge in [-0.1, -0.05) is 24.3 Å². The minimum Gasteiger partial charge on any atom is -0.746 e. The fraction of sp³-hybridized carbons (Fsp3) is 0.348. The molecular formula is C23H26N4O11P-. The van der Waals surface area contributed by atoms with Gasteiger partial charge in [-0.2, -0.15) is 4.98 Å². The van der Waals surface area contributed by atoms with Crippen LogP contribution in [0.2, 0.25) is 0 Å². The minimum atomic E-state index is -5.00. The minimum absolute atomic E-state index is 0.0407. The highest BCUT2D eigenvalue weighted by Gasteiger charge is 2.44. The van der Waals surface area contributed by atoms with Crippen LogP contribution in [-0.2, 0) is 27.9 Å². The van der Waals surface area contributed by atoms with E-state index >= 15 is 0 Å². The molecule has 1 amide bonds. The number of anilines is 1. The van der Waals surface area contributed by atoms with Gasteiger partial charge in [-0.3, -0.25) is 9.36 Å². The highest BCUT2D eigenvalue weighted by molar-refractivity contribution is 7.46. The van der Waals surface area contributed by atoms with Crippen molar-refractivity contribution in [2.75, 3.05) is 12.3 Å². The monoisotopic (exact) mass is 565 g/mol. The van der Waals surface area contributed by atoms with Crippen LogP contribution >= 0.6 is 7.82 Å². The number of phosphoric acid groups is 1. The van der Waals surface area contributed by atoms with E-state index in [-0.39, 0.29) is 23.2 Å². The lowest BCUT2D eigenvalue weighted by molar-refractivity contribution is -0.223. The first-order valence-electron chi connectivity index (χ1n) is 11.6. The van der Waals surface area contributed by atoms with Crippen LogP contribution in [0.3, 0.4) is 0 Å². The largest absolute Gasteiger partial charge is 0.746 e.